The molecule has 2 aliphatic carbocycles. The maximum atomic E-state index is 13.3. The molecule has 3 rings (SSSR count). The Balaban J connectivity index is 1.58. The molecular formula is C21H35N4O3S2+. The van der Waals surface area contributed by atoms with Gasteiger partial charge in [-0.1, -0.05) is 37.5 Å². The number of thiazole rings is 1. The van der Waals surface area contributed by atoms with Gasteiger partial charge in [-0.15, -0.1) is 11.8 Å². The highest BCUT2D eigenvalue weighted by atomic mass is 32.2. The monoisotopic (exact) mass is 455 g/mol. The van der Waals surface area contributed by atoms with Crippen molar-refractivity contribution in [3.63, 3.8) is 0 Å². The highest BCUT2D eigenvalue weighted by molar-refractivity contribution is 8.01. The second-order valence-corrected chi connectivity index (χ2v) is 11.1. The Hall–Kier alpha value is -1.32. The van der Waals surface area contributed by atoms with E-state index in [4.69, 9.17) is 5.11 Å². The van der Waals surface area contributed by atoms with Crippen molar-refractivity contribution in [3.8, 4) is 0 Å². The molecule has 2 fully saturated rings. The molecule has 0 unspecified atom stereocenters. The van der Waals surface area contributed by atoms with Gasteiger partial charge in [-0.3, -0.25) is 5.32 Å². The van der Waals surface area contributed by atoms with Crippen LogP contribution in [-0.4, -0.2) is 50.9 Å². The number of carboxylic acids is 1. The molecule has 2 saturated carbocycles. The van der Waals surface area contributed by atoms with Crippen molar-refractivity contribution >= 4 is 40.2 Å². The van der Waals surface area contributed by atoms with Gasteiger partial charge in [0.25, 0.3) is 0 Å². The SMILES string of the molecule is CC1CCC(N(C(=O)Nc2ncc(SCC[C@@H]([NH3+])C(=O)O)s2)C2CCCCC2)CC1. The molecule has 2 aliphatic rings. The number of carboxylic acid groups (broad SMARTS) is 1. The van der Waals surface area contributed by atoms with Gasteiger partial charge >= 0.3 is 12.0 Å². The summed E-state index contributed by atoms with van der Waals surface area (Å²) in [6, 6.07) is 0.0852. The predicted molar refractivity (Wildman–Crippen MR) is 121 cm³/mol. The van der Waals surface area contributed by atoms with Gasteiger partial charge in [0.1, 0.15) is 0 Å². The van der Waals surface area contributed by atoms with E-state index < -0.39 is 12.0 Å². The van der Waals surface area contributed by atoms with Crippen LogP contribution in [0.1, 0.15) is 71.1 Å². The summed E-state index contributed by atoms with van der Waals surface area (Å²) in [7, 11) is 0. The molecule has 1 atom stereocenters. The van der Waals surface area contributed by atoms with Crippen LogP contribution < -0.4 is 11.1 Å². The maximum Gasteiger partial charge on any atom is 0.362 e. The van der Waals surface area contributed by atoms with Gasteiger partial charge in [0.05, 0.1) is 10.4 Å². The van der Waals surface area contributed by atoms with Crippen LogP contribution in [0.3, 0.4) is 0 Å². The fraction of sp³-hybridized carbons (Fsp3) is 0.762. The highest BCUT2D eigenvalue weighted by Gasteiger charge is 2.34. The van der Waals surface area contributed by atoms with Crippen molar-refractivity contribution in [2.24, 2.45) is 5.92 Å². The lowest BCUT2D eigenvalue weighted by Crippen LogP contribution is -2.65. The Morgan fingerprint density at radius 2 is 1.90 bits per heavy atom. The summed E-state index contributed by atoms with van der Waals surface area (Å²) >= 11 is 3.02. The number of hydrogen-bond donors (Lipinski definition) is 3. The van der Waals surface area contributed by atoms with E-state index in [1.54, 1.807) is 18.0 Å². The van der Waals surface area contributed by atoms with Crippen LogP contribution >= 0.6 is 23.1 Å². The third-order valence-corrected chi connectivity index (χ3v) is 8.48. The number of anilines is 1. The molecule has 2 amide bonds. The smallest absolute Gasteiger partial charge is 0.362 e. The number of aliphatic carboxylic acids is 1. The zero-order chi connectivity index (χ0) is 21.5. The first kappa shape index (κ1) is 23.3. The van der Waals surface area contributed by atoms with Crippen LogP contribution in [0.25, 0.3) is 0 Å². The lowest BCUT2D eigenvalue weighted by atomic mass is 9.84. The topological polar surface area (TPSA) is 110 Å². The summed E-state index contributed by atoms with van der Waals surface area (Å²) in [6.45, 7) is 2.31. The summed E-state index contributed by atoms with van der Waals surface area (Å²) in [5.74, 6) is 0.563. The van der Waals surface area contributed by atoms with Crippen LogP contribution in [0, 0.1) is 5.92 Å². The second kappa shape index (κ2) is 11.3. The van der Waals surface area contributed by atoms with E-state index in [0.29, 0.717) is 29.4 Å². The molecule has 0 radical (unpaired) electrons. The fourth-order valence-electron chi connectivity index (χ4n) is 4.47. The molecule has 9 heteroatoms. The van der Waals surface area contributed by atoms with Gasteiger partial charge in [-0.25, -0.2) is 14.6 Å². The van der Waals surface area contributed by atoms with Crippen LogP contribution in [-0.2, 0) is 4.79 Å². The van der Waals surface area contributed by atoms with E-state index >= 15 is 0 Å². The molecular weight excluding hydrogens is 420 g/mol. The number of carbonyl (C=O) groups is 2. The highest BCUT2D eigenvalue weighted by Crippen LogP contribution is 2.34. The van der Waals surface area contributed by atoms with Gasteiger partial charge in [-0.05, 0) is 44.4 Å². The number of thioether (sulfide) groups is 1. The van der Waals surface area contributed by atoms with Crippen LogP contribution in [0.2, 0.25) is 0 Å². The molecule has 7 nitrogen and oxygen atoms in total. The van der Waals surface area contributed by atoms with E-state index in [0.717, 1.165) is 35.8 Å². The van der Waals surface area contributed by atoms with Crippen LogP contribution in [0.15, 0.2) is 10.4 Å². The molecule has 0 bridgehead atoms. The number of amides is 2. The zero-order valence-corrected chi connectivity index (χ0v) is 19.5. The first-order chi connectivity index (χ1) is 14.4. The standard InChI is InChI=1S/C21H34N4O3S2/c1-14-7-9-16(10-8-14)25(15-5-3-2-4-6-15)21(28)24-20-23-13-18(30-20)29-12-11-17(22)19(26)27/h13-17H,2-12,22H2,1H3,(H,26,27)(H,23,24,28)/p+1/t14?,16?,17-/m1/s1. The largest absolute Gasteiger partial charge is 0.477 e. The molecule has 30 heavy (non-hydrogen) atoms. The molecule has 1 aromatic heterocycles. The Kier molecular flexibility index (Phi) is 8.83. The van der Waals surface area contributed by atoms with E-state index in [9.17, 15) is 9.59 Å². The normalized spacial score (nSPS) is 23.7. The number of urea groups is 1. The summed E-state index contributed by atoms with van der Waals surface area (Å²) in [4.78, 5) is 30.7. The van der Waals surface area contributed by atoms with Crippen molar-refractivity contribution in [1.82, 2.24) is 9.88 Å². The van der Waals surface area contributed by atoms with Crippen molar-refractivity contribution in [3.05, 3.63) is 6.20 Å². The summed E-state index contributed by atoms with van der Waals surface area (Å²) in [6.07, 6.45) is 12.8. The minimum Gasteiger partial charge on any atom is -0.477 e. The molecule has 0 aliphatic heterocycles. The van der Waals surface area contributed by atoms with Crippen molar-refractivity contribution in [1.29, 1.82) is 0 Å². The minimum absolute atomic E-state index is 0.00366. The number of nitrogens with zero attached hydrogens (tertiary/aromatic N) is 2. The molecule has 0 aromatic carbocycles. The molecule has 0 spiro atoms. The lowest BCUT2D eigenvalue weighted by molar-refractivity contribution is -0.407. The lowest BCUT2D eigenvalue weighted by Gasteiger charge is -2.42. The summed E-state index contributed by atoms with van der Waals surface area (Å²) < 4.78 is 0.985. The van der Waals surface area contributed by atoms with Crippen LogP contribution in [0.5, 0.6) is 0 Å². The number of nitrogens with one attached hydrogen (secondary N) is 1. The Labute approximate surface area is 187 Å². The molecule has 1 heterocycles. The average Bonchev–Trinajstić information content (AvgIpc) is 3.17. The first-order valence-corrected chi connectivity index (χ1v) is 13.0. The Bertz CT molecular complexity index is 700. The summed E-state index contributed by atoms with van der Waals surface area (Å²) in [5, 5.41) is 12.6. The molecule has 5 N–H and O–H groups in total. The Morgan fingerprint density at radius 3 is 2.57 bits per heavy atom. The number of aromatic nitrogens is 1. The zero-order valence-electron chi connectivity index (χ0n) is 17.8. The Morgan fingerprint density at radius 1 is 1.23 bits per heavy atom. The molecule has 0 saturated heterocycles. The quantitative estimate of drug-likeness (QED) is 0.512. The third kappa shape index (κ3) is 6.59. The van der Waals surface area contributed by atoms with Gasteiger partial charge in [0.2, 0.25) is 0 Å². The van der Waals surface area contributed by atoms with Crippen molar-refractivity contribution in [2.75, 3.05) is 11.1 Å². The minimum atomic E-state index is -0.868. The number of quaternary nitrogens is 1. The maximum absolute atomic E-state index is 13.3. The predicted octanol–water partition coefficient (Wildman–Crippen LogP) is 4.07. The second-order valence-electron chi connectivity index (χ2n) is 8.70. The number of carbonyl (C=O) groups excluding carboxylic acids is 1. The van der Waals surface area contributed by atoms with E-state index in [1.807, 2.05) is 0 Å². The third-order valence-electron chi connectivity index (χ3n) is 6.34. The average molecular weight is 456 g/mol. The molecule has 1 aromatic rings. The van der Waals surface area contributed by atoms with Crippen molar-refractivity contribution < 1.29 is 20.4 Å². The van der Waals surface area contributed by atoms with Crippen molar-refractivity contribution in [2.45, 2.75) is 93.5 Å². The summed E-state index contributed by atoms with van der Waals surface area (Å²) in [5.41, 5.74) is 3.64. The van der Waals surface area contributed by atoms with Gasteiger partial charge in [0, 0.05) is 24.3 Å². The van der Waals surface area contributed by atoms with Gasteiger partial charge in [0.15, 0.2) is 11.2 Å². The van der Waals surface area contributed by atoms with E-state index in [1.165, 1.54) is 43.4 Å². The molecule has 168 valence electrons. The number of rotatable bonds is 8. The van der Waals surface area contributed by atoms with Gasteiger partial charge in [-0.2, -0.15) is 0 Å². The fourth-order valence-corrected chi connectivity index (χ4v) is 6.47. The van der Waals surface area contributed by atoms with E-state index in [-0.39, 0.29) is 6.03 Å². The number of hydrogen-bond acceptors (Lipinski definition) is 5. The van der Waals surface area contributed by atoms with Gasteiger partial charge < -0.3 is 15.7 Å². The van der Waals surface area contributed by atoms with Crippen LogP contribution in [0.4, 0.5) is 9.93 Å². The first-order valence-electron chi connectivity index (χ1n) is 11.2. The van der Waals surface area contributed by atoms with E-state index in [2.05, 4.69) is 27.9 Å².